The van der Waals surface area contributed by atoms with Crippen molar-refractivity contribution in [1.82, 2.24) is 9.97 Å². The standard InChI is InChI=1S/C11H11BrN2O3/c1-3-17-11(15)7-4-6-5-13-10(16-2)8(12)9(6)14-7/h4-5,14H,3H2,1-2H3. The lowest BCUT2D eigenvalue weighted by atomic mass is 10.3. The Hall–Kier alpha value is -1.56. The molecule has 2 aromatic rings. The van der Waals surface area contributed by atoms with Gasteiger partial charge in [0.1, 0.15) is 10.2 Å². The van der Waals surface area contributed by atoms with Gasteiger partial charge in [-0.1, -0.05) is 0 Å². The molecule has 0 aliphatic carbocycles. The highest BCUT2D eigenvalue weighted by Crippen LogP contribution is 2.30. The molecule has 17 heavy (non-hydrogen) atoms. The molecule has 0 saturated heterocycles. The number of halogens is 1. The zero-order chi connectivity index (χ0) is 12.4. The molecule has 0 aromatic carbocycles. The lowest BCUT2D eigenvalue weighted by Crippen LogP contribution is -2.04. The average molecular weight is 299 g/mol. The molecular formula is C11H11BrN2O3. The number of ether oxygens (including phenoxy) is 2. The number of methoxy groups -OCH3 is 1. The van der Waals surface area contributed by atoms with Crippen molar-refractivity contribution in [3.05, 3.63) is 22.4 Å². The third kappa shape index (κ3) is 2.12. The van der Waals surface area contributed by atoms with Gasteiger partial charge in [-0.05, 0) is 28.9 Å². The highest BCUT2D eigenvalue weighted by Gasteiger charge is 2.14. The SMILES string of the molecule is CCOC(=O)c1cc2cnc(OC)c(Br)c2[nH]1. The van der Waals surface area contributed by atoms with Gasteiger partial charge < -0.3 is 14.5 Å². The van der Waals surface area contributed by atoms with Crippen molar-refractivity contribution in [2.24, 2.45) is 0 Å². The summed E-state index contributed by atoms with van der Waals surface area (Å²) in [5.74, 6) is 0.0873. The third-order valence-electron chi connectivity index (χ3n) is 2.27. The molecule has 0 atom stereocenters. The number of fused-ring (bicyclic) bond motifs is 1. The molecule has 1 N–H and O–H groups in total. The van der Waals surface area contributed by atoms with Crippen LogP contribution in [0, 0.1) is 0 Å². The van der Waals surface area contributed by atoms with Gasteiger partial charge in [-0.25, -0.2) is 9.78 Å². The van der Waals surface area contributed by atoms with Gasteiger partial charge in [0.15, 0.2) is 0 Å². The van der Waals surface area contributed by atoms with Gasteiger partial charge in [0.05, 0.1) is 19.2 Å². The smallest absolute Gasteiger partial charge is 0.354 e. The van der Waals surface area contributed by atoms with Crippen molar-refractivity contribution in [3.8, 4) is 5.88 Å². The summed E-state index contributed by atoms with van der Waals surface area (Å²) in [4.78, 5) is 18.6. The summed E-state index contributed by atoms with van der Waals surface area (Å²) in [6.45, 7) is 2.11. The Bertz CT molecular complexity index is 565. The summed E-state index contributed by atoms with van der Waals surface area (Å²) in [5.41, 5.74) is 1.16. The fourth-order valence-corrected chi connectivity index (χ4v) is 2.10. The van der Waals surface area contributed by atoms with Crippen molar-refractivity contribution in [2.75, 3.05) is 13.7 Å². The van der Waals surface area contributed by atoms with Crippen LogP contribution in [0.4, 0.5) is 0 Å². The van der Waals surface area contributed by atoms with Crippen molar-refractivity contribution < 1.29 is 14.3 Å². The maximum atomic E-state index is 11.6. The number of rotatable bonds is 3. The summed E-state index contributed by atoms with van der Waals surface area (Å²) in [6.07, 6.45) is 1.64. The summed E-state index contributed by atoms with van der Waals surface area (Å²) >= 11 is 3.37. The van der Waals surface area contributed by atoms with E-state index in [-0.39, 0.29) is 5.97 Å². The Labute approximate surface area is 106 Å². The number of hydrogen-bond acceptors (Lipinski definition) is 4. The maximum absolute atomic E-state index is 11.6. The molecule has 90 valence electrons. The van der Waals surface area contributed by atoms with Crippen LogP contribution >= 0.6 is 15.9 Å². The lowest BCUT2D eigenvalue weighted by Gasteiger charge is -2.01. The normalized spacial score (nSPS) is 10.5. The van der Waals surface area contributed by atoms with Crippen LogP contribution in [-0.4, -0.2) is 29.7 Å². The first kappa shape index (κ1) is 11.9. The predicted molar refractivity (Wildman–Crippen MR) is 66.3 cm³/mol. The molecule has 5 nitrogen and oxygen atoms in total. The first-order valence-corrected chi connectivity index (χ1v) is 5.85. The Morgan fingerprint density at radius 2 is 2.35 bits per heavy atom. The van der Waals surface area contributed by atoms with Crippen LogP contribution in [-0.2, 0) is 4.74 Å². The Kier molecular flexibility index (Phi) is 3.33. The monoisotopic (exact) mass is 298 g/mol. The third-order valence-corrected chi connectivity index (χ3v) is 3.00. The van der Waals surface area contributed by atoms with Crippen LogP contribution in [0.1, 0.15) is 17.4 Å². The second-order valence-corrected chi connectivity index (χ2v) is 4.11. The Morgan fingerprint density at radius 3 is 3.00 bits per heavy atom. The highest BCUT2D eigenvalue weighted by molar-refractivity contribution is 9.10. The van der Waals surface area contributed by atoms with E-state index >= 15 is 0 Å². The van der Waals surface area contributed by atoms with E-state index in [2.05, 4.69) is 25.9 Å². The van der Waals surface area contributed by atoms with Crippen LogP contribution in [0.25, 0.3) is 10.9 Å². The molecule has 2 aromatic heterocycles. The molecule has 0 unspecified atom stereocenters. The fourth-order valence-electron chi connectivity index (χ4n) is 1.51. The molecule has 0 aliphatic heterocycles. The number of esters is 1. The highest BCUT2D eigenvalue weighted by atomic mass is 79.9. The maximum Gasteiger partial charge on any atom is 0.354 e. The van der Waals surface area contributed by atoms with Gasteiger partial charge in [0, 0.05) is 11.6 Å². The number of aromatic nitrogens is 2. The minimum Gasteiger partial charge on any atom is -0.480 e. The molecule has 0 amide bonds. The van der Waals surface area contributed by atoms with Crippen LogP contribution in [0.2, 0.25) is 0 Å². The Morgan fingerprint density at radius 1 is 1.59 bits per heavy atom. The van der Waals surface area contributed by atoms with E-state index in [1.54, 1.807) is 19.2 Å². The second-order valence-electron chi connectivity index (χ2n) is 3.32. The minimum atomic E-state index is -0.380. The van der Waals surface area contributed by atoms with Gasteiger partial charge in [-0.3, -0.25) is 0 Å². The summed E-state index contributed by atoms with van der Waals surface area (Å²) in [6, 6.07) is 1.70. The molecule has 0 fully saturated rings. The topological polar surface area (TPSA) is 64.2 Å². The summed E-state index contributed by atoms with van der Waals surface area (Å²) in [7, 11) is 1.54. The molecular weight excluding hydrogens is 288 g/mol. The first-order chi connectivity index (χ1) is 8.17. The van der Waals surface area contributed by atoms with E-state index in [0.29, 0.717) is 22.7 Å². The van der Waals surface area contributed by atoms with Crippen LogP contribution in [0.15, 0.2) is 16.7 Å². The molecule has 0 saturated carbocycles. The van der Waals surface area contributed by atoms with Gasteiger partial charge in [0.2, 0.25) is 5.88 Å². The number of aromatic amines is 1. The average Bonchev–Trinajstić information content (AvgIpc) is 2.75. The predicted octanol–water partition coefficient (Wildman–Crippen LogP) is 2.51. The Balaban J connectivity index is 2.50. The molecule has 0 radical (unpaired) electrons. The molecule has 2 rings (SSSR count). The number of nitrogens with one attached hydrogen (secondary N) is 1. The number of hydrogen-bond donors (Lipinski definition) is 1. The number of H-pyrrole nitrogens is 1. The largest absolute Gasteiger partial charge is 0.480 e. The second kappa shape index (κ2) is 4.75. The molecule has 0 bridgehead atoms. The number of carbonyl (C=O) groups is 1. The van der Waals surface area contributed by atoms with Gasteiger partial charge in [-0.15, -0.1) is 0 Å². The zero-order valence-electron chi connectivity index (χ0n) is 9.41. The van der Waals surface area contributed by atoms with E-state index in [1.165, 1.54) is 7.11 Å². The van der Waals surface area contributed by atoms with E-state index in [9.17, 15) is 4.79 Å². The van der Waals surface area contributed by atoms with E-state index < -0.39 is 0 Å². The quantitative estimate of drug-likeness (QED) is 0.884. The van der Waals surface area contributed by atoms with E-state index in [1.807, 2.05) is 0 Å². The molecule has 0 spiro atoms. The van der Waals surface area contributed by atoms with Crippen molar-refractivity contribution >= 4 is 32.8 Å². The van der Waals surface area contributed by atoms with E-state index in [4.69, 9.17) is 9.47 Å². The van der Waals surface area contributed by atoms with Crippen molar-refractivity contribution in [2.45, 2.75) is 6.92 Å². The minimum absolute atomic E-state index is 0.344. The van der Waals surface area contributed by atoms with Crippen molar-refractivity contribution in [3.63, 3.8) is 0 Å². The van der Waals surface area contributed by atoms with Gasteiger partial charge in [0.25, 0.3) is 0 Å². The fraction of sp³-hybridized carbons (Fsp3) is 0.273. The first-order valence-electron chi connectivity index (χ1n) is 5.05. The lowest BCUT2D eigenvalue weighted by molar-refractivity contribution is 0.0520. The summed E-state index contributed by atoms with van der Waals surface area (Å²) < 4.78 is 10.7. The number of carbonyl (C=O) groups excluding carboxylic acids is 1. The zero-order valence-corrected chi connectivity index (χ0v) is 11.0. The molecule has 6 heteroatoms. The van der Waals surface area contributed by atoms with Crippen LogP contribution < -0.4 is 4.74 Å². The number of nitrogens with zero attached hydrogens (tertiary/aromatic N) is 1. The molecule has 0 aliphatic rings. The van der Waals surface area contributed by atoms with Crippen LogP contribution in [0.5, 0.6) is 5.88 Å². The van der Waals surface area contributed by atoms with Gasteiger partial charge >= 0.3 is 5.97 Å². The number of pyridine rings is 1. The van der Waals surface area contributed by atoms with E-state index in [0.717, 1.165) is 10.9 Å². The van der Waals surface area contributed by atoms with Crippen molar-refractivity contribution in [1.29, 1.82) is 0 Å². The van der Waals surface area contributed by atoms with Crippen LogP contribution in [0.3, 0.4) is 0 Å². The van der Waals surface area contributed by atoms with Gasteiger partial charge in [-0.2, -0.15) is 0 Å². The molecule has 2 heterocycles. The summed E-state index contributed by atoms with van der Waals surface area (Å²) in [5, 5.41) is 0.820.